The molecular weight excluding hydrogens is 296 g/mol. The van der Waals surface area contributed by atoms with Gasteiger partial charge in [-0.05, 0) is 18.6 Å². The van der Waals surface area contributed by atoms with Crippen molar-refractivity contribution < 1.29 is 30.7 Å². The molecule has 1 rings (SSSR count). The molecule has 1 unspecified atom stereocenters. The van der Waals surface area contributed by atoms with E-state index in [2.05, 4.69) is 0 Å². The van der Waals surface area contributed by atoms with Crippen LogP contribution in [0, 0.1) is 11.6 Å². The monoisotopic (exact) mass is 307 g/mol. The predicted molar refractivity (Wildman–Crippen MR) is 60.5 cm³/mol. The van der Waals surface area contributed by atoms with E-state index in [4.69, 9.17) is 0 Å². The summed E-state index contributed by atoms with van der Waals surface area (Å²) < 4.78 is 90.4. The van der Waals surface area contributed by atoms with Gasteiger partial charge >= 0.3 is 11.8 Å². The van der Waals surface area contributed by atoms with Gasteiger partial charge in [0, 0.05) is 0 Å². The van der Waals surface area contributed by atoms with E-state index in [1.54, 1.807) is 0 Å². The van der Waals surface area contributed by atoms with Gasteiger partial charge in [0.2, 0.25) is 5.82 Å². The van der Waals surface area contributed by atoms with E-state index >= 15 is 0 Å². The Labute approximate surface area is 106 Å². The van der Waals surface area contributed by atoms with Crippen molar-refractivity contribution in [3.8, 4) is 0 Å². The van der Waals surface area contributed by atoms with Crippen LogP contribution in [0.5, 0.6) is 0 Å². The molecule has 0 bridgehead atoms. The van der Waals surface area contributed by atoms with Gasteiger partial charge in [0.05, 0.1) is 6.16 Å². The summed E-state index contributed by atoms with van der Waals surface area (Å²) in [6, 6.07) is 2.40. The molecule has 1 atom stereocenters. The van der Waals surface area contributed by atoms with Crippen molar-refractivity contribution in [1.29, 1.82) is 0 Å². The Bertz CT molecular complexity index is 441. The first-order valence-corrected chi connectivity index (χ1v) is 7.08. The molecule has 1 aromatic rings. The Hall–Kier alpha value is -0.840. The van der Waals surface area contributed by atoms with Crippen molar-refractivity contribution in [3.63, 3.8) is 0 Å². The lowest BCUT2D eigenvalue weighted by molar-refractivity contribution is -0.240. The van der Waals surface area contributed by atoms with Gasteiger partial charge in [-0.1, -0.05) is 13.0 Å². The summed E-state index contributed by atoms with van der Waals surface area (Å²) >= 11 is 0. The quantitative estimate of drug-likeness (QED) is 0.572. The highest BCUT2D eigenvalue weighted by Crippen LogP contribution is 2.59. The fourth-order valence-electron chi connectivity index (χ4n) is 1.62. The van der Waals surface area contributed by atoms with Crippen LogP contribution in [0.3, 0.4) is 0 Å². The van der Waals surface area contributed by atoms with Gasteiger partial charge in [-0.3, -0.25) is 0 Å². The van der Waals surface area contributed by atoms with Gasteiger partial charge in [-0.25, -0.2) is 4.39 Å². The maximum absolute atomic E-state index is 13.4. The maximum atomic E-state index is 13.4. The van der Waals surface area contributed by atoms with Gasteiger partial charge in [0.25, 0.3) is 0 Å². The second-order valence-corrected chi connectivity index (χ2v) is 6.53. The minimum atomic E-state index is -5.77. The third-order valence-corrected chi connectivity index (χ3v) is 5.59. The molecule has 0 aliphatic heterocycles. The van der Waals surface area contributed by atoms with Crippen LogP contribution < -0.4 is 5.30 Å². The zero-order valence-corrected chi connectivity index (χ0v) is 10.8. The van der Waals surface area contributed by atoms with Crippen molar-refractivity contribution in [1.82, 2.24) is 0 Å². The molecule has 0 spiro atoms. The van der Waals surface area contributed by atoms with Gasteiger partial charge in [-0.2, -0.15) is 26.3 Å². The summed E-state index contributed by atoms with van der Waals surface area (Å²) in [7, 11) is -3.63. The van der Waals surface area contributed by atoms with Crippen molar-refractivity contribution >= 4 is 13.2 Å². The first kappa shape index (κ1) is 16.2. The molecule has 0 radical (unpaired) electrons. The van der Waals surface area contributed by atoms with Gasteiger partial charge in [-0.15, -0.1) is 0 Å². The molecule has 19 heavy (non-hydrogen) atoms. The molecular formula is C11H11F7P+. The van der Waals surface area contributed by atoms with Crippen LogP contribution in [0.15, 0.2) is 18.2 Å². The predicted octanol–water partition coefficient (Wildman–Crippen LogP) is 4.37. The molecule has 0 amide bonds. The van der Waals surface area contributed by atoms with Gasteiger partial charge in [0.1, 0.15) is 13.2 Å². The number of halogens is 7. The van der Waals surface area contributed by atoms with E-state index in [-0.39, 0.29) is 6.42 Å². The van der Waals surface area contributed by atoms with Crippen molar-refractivity contribution in [2.75, 3.05) is 6.16 Å². The van der Waals surface area contributed by atoms with E-state index in [1.807, 2.05) is 0 Å². The normalized spacial score (nSPS) is 14.5. The molecule has 108 valence electrons. The lowest BCUT2D eigenvalue weighted by Crippen LogP contribution is -2.38. The van der Waals surface area contributed by atoms with Crippen LogP contribution in [0.1, 0.15) is 13.3 Å². The molecule has 8 heteroatoms. The molecule has 1 aromatic carbocycles. The van der Waals surface area contributed by atoms with Crippen molar-refractivity contribution in [2.24, 2.45) is 0 Å². The Morgan fingerprint density at radius 2 is 1.63 bits per heavy atom. The third kappa shape index (κ3) is 3.19. The standard InChI is InChI=1S/C11H10F7P/c1-2-6-19(11(17,18)10(14,15)16)8-5-3-4-7(12)9(8)13/h3-5H,2,6H2,1H3/p+1. The summed E-state index contributed by atoms with van der Waals surface area (Å²) in [5, 5.41) is -0.853. The molecule has 0 nitrogen and oxygen atoms in total. The summed E-state index contributed by atoms with van der Waals surface area (Å²) in [6.07, 6.45) is -6.25. The van der Waals surface area contributed by atoms with Crippen LogP contribution >= 0.6 is 7.92 Å². The van der Waals surface area contributed by atoms with Crippen molar-refractivity contribution in [2.45, 2.75) is 25.2 Å². The first-order chi connectivity index (χ1) is 8.63. The summed E-state index contributed by atoms with van der Waals surface area (Å²) in [5.74, 6) is -3.04. The number of hydrogen-bond acceptors (Lipinski definition) is 0. The van der Waals surface area contributed by atoms with Crippen molar-refractivity contribution in [3.05, 3.63) is 29.8 Å². The molecule has 0 N–H and O–H groups in total. The second kappa shape index (κ2) is 5.65. The fourth-order valence-corrected chi connectivity index (χ4v) is 4.06. The summed E-state index contributed by atoms with van der Waals surface area (Å²) in [6.45, 7) is 1.41. The van der Waals surface area contributed by atoms with Crippen LogP contribution in [0.25, 0.3) is 0 Å². The zero-order valence-electron chi connectivity index (χ0n) is 9.79. The first-order valence-electron chi connectivity index (χ1n) is 5.38. The van der Waals surface area contributed by atoms with Crippen LogP contribution in [0.2, 0.25) is 0 Å². The summed E-state index contributed by atoms with van der Waals surface area (Å²) in [4.78, 5) is 0. The van der Waals surface area contributed by atoms with E-state index < -0.39 is 42.9 Å². The Kier molecular flexibility index (Phi) is 4.82. The summed E-state index contributed by atoms with van der Waals surface area (Å²) in [5.41, 5.74) is -5.01. The minimum Gasteiger partial charge on any atom is -0.204 e. The smallest absolute Gasteiger partial charge is 0.204 e. The molecule has 0 fully saturated rings. The third-order valence-electron chi connectivity index (χ3n) is 2.51. The number of alkyl halides is 5. The lowest BCUT2D eigenvalue weighted by Gasteiger charge is -2.22. The highest BCUT2D eigenvalue weighted by atomic mass is 31.1. The topological polar surface area (TPSA) is 0 Å². The molecule has 0 saturated carbocycles. The Morgan fingerprint density at radius 1 is 1.05 bits per heavy atom. The fraction of sp³-hybridized carbons (Fsp3) is 0.455. The average molecular weight is 307 g/mol. The largest absolute Gasteiger partial charge is 0.493 e. The molecule has 0 aromatic heterocycles. The molecule has 0 aliphatic rings. The number of hydrogen-bond donors (Lipinski definition) is 0. The molecule has 0 aliphatic carbocycles. The van der Waals surface area contributed by atoms with Crippen LogP contribution in [-0.2, 0) is 0 Å². The highest BCUT2D eigenvalue weighted by molar-refractivity contribution is 7.66. The maximum Gasteiger partial charge on any atom is 0.493 e. The SMILES string of the molecule is CCC[PH+](c1cccc(F)c1F)C(F)(F)C(F)(F)F. The molecule has 0 heterocycles. The van der Waals surface area contributed by atoms with Gasteiger partial charge in [0.15, 0.2) is 5.82 Å². The van der Waals surface area contributed by atoms with Crippen LogP contribution in [0.4, 0.5) is 30.7 Å². The second-order valence-electron chi connectivity index (χ2n) is 3.90. The van der Waals surface area contributed by atoms with Gasteiger partial charge < -0.3 is 0 Å². The number of rotatable bonds is 4. The highest BCUT2D eigenvalue weighted by Gasteiger charge is 2.69. The number of benzene rings is 1. The average Bonchev–Trinajstić information content (AvgIpc) is 2.28. The molecule has 0 saturated heterocycles. The van der Waals surface area contributed by atoms with E-state index in [1.165, 1.54) is 6.92 Å². The van der Waals surface area contributed by atoms with Crippen LogP contribution in [-0.4, -0.2) is 18.0 Å². The van der Waals surface area contributed by atoms with E-state index in [0.717, 1.165) is 12.1 Å². The zero-order chi connectivity index (χ0) is 14.8. The van der Waals surface area contributed by atoms with E-state index in [9.17, 15) is 30.7 Å². The Balaban J connectivity index is 3.32. The lowest BCUT2D eigenvalue weighted by atomic mass is 10.3. The van der Waals surface area contributed by atoms with E-state index in [0.29, 0.717) is 6.07 Å². The minimum absolute atomic E-state index is 0.0237. The Morgan fingerprint density at radius 3 is 2.11 bits per heavy atom.